The van der Waals surface area contributed by atoms with Gasteiger partial charge in [0.2, 0.25) is 5.89 Å². The molecule has 1 saturated carbocycles. The molecule has 1 aliphatic carbocycles. The molecule has 1 aromatic rings. The molecule has 0 saturated heterocycles. The first-order valence-corrected chi connectivity index (χ1v) is 8.75. The Hall–Kier alpha value is -2.00. The Morgan fingerprint density at radius 2 is 2.16 bits per heavy atom. The molecule has 0 radical (unpaired) electrons. The molecule has 1 fully saturated rings. The number of aldehydes is 1. The van der Waals surface area contributed by atoms with Crippen molar-refractivity contribution in [1.29, 1.82) is 0 Å². The zero-order valence-corrected chi connectivity index (χ0v) is 14.5. The maximum absolute atomic E-state index is 11.7. The number of aliphatic hydroxyl groups excluding tert-OH is 1. The van der Waals surface area contributed by atoms with Crippen LogP contribution in [0, 0.1) is 5.92 Å². The van der Waals surface area contributed by atoms with Crippen LogP contribution >= 0.6 is 0 Å². The average molecular weight is 353 g/mol. The highest BCUT2D eigenvalue weighted by Crippen LogP contribution is 2.30. The van der Waals surface area contributed by atoms with E-state index in [0.29, 0.717) is 18.0 Å². The van der Waals surface area contributed by atoms with Gasteiger partial charge in [0.1, 0.15) is 12.3 Å². The number of nitrogens with zero attached hydrogens (tertiary/aromatic N) is 2. The summed E-state index contributed by atoms with van der Waals surface area (Å²) in [6.07, 6.45) is 6.52. The van der Waals surface area contributed by atoms with Crippen LogP contribution in [-0.4, -0.2) is 39.7 Å². The molecule has 1 aliphatic rings. The van der Waals surface area contributed by atoms with Gasteiger partial charge in [-0.15, -0.1) is 0 Å². The molecule has 0 bridgehead atoms. The van der Waals surface area contributed by atoms with Crippen LogP contribution in [0.3, 0.4) is 0 Å². The number of nitrogens with two attached hydrogens (primary N) is 1. The van der Waals surface area contributed by atoms with Crippen LogP contribution in [0.25, 0.3) is 0 Å². The van der Waals surface area contributed by atoms with Gasteiger partial charge >= 0.3 is 6.03 Å². The van der Waals surface area contributed by atoms with Crippen molar-refractivity contribution in [2.45, 2.75) is 70.2 Å². The highest BCUT2D eigenvalue weighted by molar-refractivity contribution is 5.78. The van der Waals surface area contributed by atoms with Crippen LogP contribution in [0.4, 0.5) is 4.79 Å². The first kappa shape index (κ1) is 19.3. The maximum atomic E-state index is 11.7. The van der Waals surface area contributed by atoms with E-state index in [0.717, 1.165) is 6.42 Å². The molecule has 25 heavy (non-hydrogen) atoms. The molecule has 3 unspecified atom stereocenters. The number of aliphatic hydroxyl groups is 1. The summed E-state index contributed by atoms with van der Waals surface area (Å²) in [6, 6.07) is -1.85. The summed E-state index contributed by atoms with van der Waals surface area (Å²) in [5.74, 6) is 1.29. The first-order chi connectivity index (χ1) is 12.0. The molecular formula is C16H27N5O4. The fourth-order valence-electron chi connectivity index (χ4n) is 3.00. The summed E-state index contributed by atoms with van der Waals surface area (Å²) in [5.41, 5.74) is 6.16. The third-order valence-corrected chi connectivity index (χ3v) is 4.49. The van der Waals surface area contributed by atoms with Crippen molar-refractivity contribution in [1.82, 2.24) is 20.8 Å². The number of rotatable bonds is 8. The van der Waals surface area contributed by atoms with E-state index in [1.165, 1.54) is 39.0 Å². The van der Waals surface area contributed by atoms with Gasteiger partial charge in [-0.2, -0.15) is 4.98 Å². The second-order valence-corrected chi connectivity index (χ2v) is 6.62. The van der Waals surface area contributed by atoms with Crippen molar-refractivity contribution < 1.29 is 19.2 Å². The van der Waals surface area contributed by atoms with Crippen LogP contribution in [0.5, 0.6) is 0 Å². The minimum Gasteiger partial charge on any atom is -0.391 e. The number of hydrogen-bond acceptors (Lipinski definition) is 7. The first-order valence-electron chi connectivity index (χ1n) is 8.75. The molecular weight excluding hydrogens is 326 g/mol. The van der Waals surface area contributed by atoms with E-state index in [9.17, 15) is 14.7 Å². The van der Waals surface area contributed by atoms with Gasteiger partial charge in [0.15, 0.2) is 5.82 Å². The molecule has 3 atom stereocenters. The van der Waals surface area contributed by atoms with E-state index in [4.69, 9.17) is 10.3 Å². The number of carbonyl (C=O) groups is 2. The lowest BCUT2D eigenvalue weighted by molar-refractivity contribution is -0.111. The molecule has 140 valence electrons. The monoisotopic (exact) mass is 353 g/mol. The lowest BCUT2D eigenvalue weighted by Gasteiger charge is -2.23. The van der Waals surface area contributed by atoms with Crippen molar-refractivity contribution >= 4 is 12.3 Å². The average Bonchev–Trinajstić information content (AvgIpc) is 3.07. The Labute approximate surface area is 146 Å². The molecule has 2 rings (SSSR count). The summed E-state index contributed by atoms with van der Waals surface area (Å²) in [7, 11) is 0. The summed E-state index contributed by atoms with van der Waals surface area (Å²) in [5, 5.41) is 18.0. The lowest BCUT2D eigenvalue weighted by Crippen LogP contribution is -2.47. The van der Waals surface area contributed by atoms with E-state index >= 15 is 0 Å². The molecule has 0 spiro atoms. The second kappa shape index (κ2) is 9.47. The zero-order chi connectivity index (χ0) is 18.2. The number of hydrogen-bond donors (Lipinski definition) is 4. The highest BCUT2D eigenvalue weighted by atomic mass is 16.5. The van der Waals surface area contributed by atoms with Crippen LogP contribution in [-0.2, 0) is 11.3 Å². The van der Waals surface area contributed by atoms with Gasteiger partial charge in [0.25, 0.3) is 0 Å². The smallest absolute Gasteiger partial charge is 0.315 e. The van der Waals surface area contributed by atoms with E-state index in [-0.39, 0.29) is 18.5 Å². The second-order valence-electron chi connectivity index (χ2n) is 6.62. The predicted molar refractivity (Wildman–Crippen MR) is 89.3 cm³/mol. The minimum atomic E-state index is -0.976. The van der Waals surface area contributed by atoms with Crippen molar-refractivity contribution in [3.05, 3.63) is 11.7 Å². The molecule has 0 aromatic carbocycles. The number of urea groups is 1. The standard InChI is InChI=1S/C16H27N5O4/c1-10(23)13(9-22)19-16(24)18-8-14-20-15(21-25-14)12(17)7-11-5-3-2-4-6-11/h9-13,23H,2-8,17H2,1H3,(H2,18,19,24). The Morgan fingerprint density at radius 1 is 1.44 bits per heavy atom. The fourth-order valence-corrected chi connectivity index (χ4v) is 3.00. The van der Waals surface area contributed by atoms with Crippen LogP contribution in [0.15, 0.2) is 4.52 Å². The Balaban J connectivity index is 1.78. The summed E-state index contributed by atoms with van der Waals surface area (Å²) < 4.78 is 5.10. The maximum Gasteiger partial charge on any atom is 0.315 e. The normalized spacial score (nSPS) is 19.0. The molecule has 9 nitrogen and oxygen atoms in total. The topological polar surface area (TPSA) is 143 Å². The summed E-state index contributed by atoms with van der Waals surface area (Å²) >= 11 is 0. The van der Waals surface area contributed by atoms with Crippen LogP contribution < -0.4 is 16.4 Å². The molecule has 5 N–H and O–H groups in total. The quantitative estimate of drug-likeness (QED) is 0.506. The van der Waals surface area contributed by atoms with Crippen LogP contribution in [0.2, 0.25) is 0 Å². The number of aromatic nitrogens is 2. The molecule has 2 amide bonds. The van der Waals surface area contributed by atoms with Gasteiger partial charge in [-0.3, -0.25) is 0 Å². The van der Waals surface area contributed by atoms with Gasteiger partial charge < -0.3 is 30.8 Å². The lowest BCUT2D eigenvalue weighted by atomic mass is 9.85. The highest BCUT2D eigenvalue weighted by Gasteiger charge is 2.21. The largest absolute Gasteiger partial charge is 0.391 e. The Kier molecular flexibility index (Phi) is 7.32. The van der Waals surface area contributed by atoms with Crippen molar-refractivity contribution in [2.24, 2.45) is 11.7 Å². The SMILES string of the molecule is CC(O)C(C=O)NC(=O)NCc1nc(C(N)CC2CCCCC2)no1. The van der Waals surface area contributed by atoms with Crippen molar-refractivity contribution in [3.63, 3.8) is 0 Å². The summed E-state index contributed by atoms with van der Waals surface area (Å²) in [4.78, 5) is 26.6. The molecule has 1 aromatic heterocycles. The van der Waals surface area contributed by atoms with Crippen molar-refractivity contribution in [2.75, 3.05) is 0 Å². The fraction of sp³-hybridized carbons (Fsp3) is 0.750. The molecule has 1 heterocycles. The van der Waals surface area contributed by atoms with Gasteiger partial charge in [-0.1, -0.05) is 37.3 Å². The predicted octanol–water partition coefficient (Wildman–Crippen LogP) is 0.787. The van der Waals surface area contributed by atoms with Crippen LogP contribution in [0.1, 0.15) is 63.2 Å². The van der Waals surface area contributed by atoms with E-state index in [1.807, 2.05) is 0 Å². The third kappa shape index (κ3) is 6.09. The molecule has 0 aliphatic heterocycles. The van der Waals surface area contributed by atoms with Crippen molar-refractivity contribution in [3.8, 4) is 0 Å². The minimum absolute atomic E-state index is 0.0143. The van der Waals surface area contributed by atoms with Gasteiger partial charge in [-0.05, 0) is 19.3 Å². The number of carbonyl (C=O) groups excluding carboxylic acids is 2. The Morgan fingerprint density at radius 3 is 2.80 bits per heavy atom. The van der Waals surface area contributed by atoms with Gasteiger partial charge in [0, 0.05) is 0 Å². The van der Waals surface area contributed by atoms with Gasteiger partial charge in [0.05, 0.1) is 18.7 Å². The van der Waals surface area contributed by atoms with E-state index in [2.05, 4.69) is 20.8 Å². The Bertz CT molecular complexity index is 556. The number of amides is 2. The molecule has 9 heteroatoms. The summed E-state index contributed by atoms with van der Waals surface area (Å²) in [6.45, 7) is 1.43. The number of nitrogens with one attached hydrogen (secondary N) is 2. The van der Waals surface area contributed by atoms with Gasteiger partial charge in [-0.25, -0.2) is 4.79 Å². The van der Waals surface area contributed by atoms with E-state index < -0.39 is 18.2 Å². The third-order valence-electron chi connectivity index (χ3n) is 4.49. The van der Waals surface area contributed by atoms with E-state index in [1.54, 1.807) is 0 Å². The zero-order valence-electron chi connectivity index (χ0n) is 14.5.